The minimum absolute atomic E-state index is 0.185. The lowest BCUT2D eigenvalue weighted by Gasteiger charge is -2.44. The predicted molar refractivity (Wildman–Crippen MR) is 130 cm³/mol. The molecule has 166 valence electrons. The highest BCUT2D eigenvalue weighted by molar-refractivity contribution is 6.31. The fourth-order valence-corrected chi connectivity index (χ4v) is 4.72. The Balaban J connectivity index is 1.55. The van der Waals surface area contributed by atoms with Gasteiger partial charge in [-0.1, -0.05) is 78.3 Å². The van der Waals surface area contributed by atoms with E-state index in [0.717, 1.165) is 22.0 Å². The number of hydrogen-bond acceptors (Lipinski definition) is 2. The van der Waals surface area contributed by atoms with Crippen molar-refractivity contribution in [2.24, 2.45) is 0 Å². The van der Waals surface area contributed by atoms with Crippen LogP contribution in [0.5, 0.6) is 0 Å². The lowest BCUT2D eigenvalue weighted by Crippen LogP contribution is -2.63. The lowest BCUT2D eigenvalue weighted by atomic mass is 9.93. The number of halogens is 1. The van der Waals surface area contributed by atoms with Gasteiger partial charge in [-0.05, 0) is 36.2 Å². The van der Waals surface area contributed by atoms with Gasteiger partial charge in [0.1, 0.15) is 11.2 Å². The molecule has 0 radical (unpaired) electrons. The highest BCUT2D eigenvalue weighted by Gasteiger charge is 2.47. The molecule has 1 aromatic heterocycles. The first-order valence-corrected chi connectivity index (χ1v) is 11.3. The maximum atomic E-state index is 13.8. The predicted octanol–water partition coefficient (Wildman–Crippen LogP) is 5.03. The molecule has 1 aliphatic rings. The Labute approximate surface area is 197 Å². The number of fused-ring (bicyclic) bond motifs is 3. The first-order valence-electron chi connectivity index (χ1n) is 10.9. The Kier molecular flexibility index (Phi) is 5.43. The Morgan fingerprint density at radius 1 is 1.00 bits per heavy atom. The van der Waals surface area contributed by atoms with E-state index in [1.807, 2.05) is 90.4 Å². The van der Waals surface area contributed by atoms with Crippen molar-refractivity contribution in [3.63, 3.8) is 0 Å². The van der Waals surface area contributed by atoms with Gasteiger partial charge in [0.2, 0.25) is 5.91 Å². The van der Waals surface area contributed by atoms with Gasteiger partial charge in [0.25, 0.3) is 5.91 Å². The zero-order valence-electron chi connectivity index (χ0n) is 18.3. The van der Waals surface area contributed by atoms with E-state index in [1.54, 1.807) is 11.0 Å². The molecule has 6 heteroatoms. The number of benzene rings is 3. The topological polar surface area (TPSA) is 54.3 Å². The number of nitrogens with zero attached hydrogens (tertiary/aromatic N) is 2. The van der Waals surface area contributed by atoms with E-state index < -0.39 is 5.54 Å². The van der Waals surface area contributed by atoms with Gasteiger partial charge in [0, 0.05) is 29.0 Å². The molecule has 5 nitrogen and oxygen atoms in total. The second-order valence-corrected chi connectivity index (χ2v) is 9.01. The van der Waals surface area contributed by atoms with Gasteiger partial charge in [-0.15, -0.1) is 0 Å². The minimum Gasteiger partial charge on any atom is -0.350 e. The van der Waals surface area contributed by atoms with E-state index in [2.05, 4.69) is 5.32 Å². The summed E-state index contributed by atoms with van der Waals surface area (Å²) >= 11 is 6.43. The van der Waals surface area contributed by atoms with Gasteiger partial charge in [-0.25, -0.2) is 0 Å². The third-order valence-corrected chi connectivity index (χ3v) is 6.78. The summed E-state index contributed by atoms with van der Waals surface area (Å²) in [5, 5.41) is 4.60. The first-order chi connectivity index (χ1) is 16.0. The molecule has 4 aromatic rings. The molecule has 0 aliphatic carbocycles. The molecule has 0 fully saturated rings. The number of carbonyl (C=O) groups is 2. The standard InChI is InChI=1S/C27H24ClN3O2/c1-27(26(33)29-16-19-9-3-2-4-10-19)18-30-23-14-8-6-11-20(23)15-24(30)25(32)31(27)17-21-12-5-7-13-22(21)28/h2-15H,16-18H2,1H3,(H,29,33)/t27-/m1/s1. The van der Waals surface area contributed by atoms with Gasteiger partial charge in [-0.2, -0.15) is 0 Å². The number of rotatable bonds is 5. The number of para-hydroxylation sites is 1. The van der Waals surface area contributed by atoms with E-state index in [-0.39, 0.29) is 18.4 Å². The normalized spacial score (nSPS) is 17.8. The van der Waals surface area contributed by atoms with Crippen molar-refractivity contribution in [2.45, 2.75) is 32.1 Å². The molecule has 5 rings (SSSR count). The van der Waals surface area contributed by atoms with Crippen molar-refractivity contribution in [3.8, 4) is 0 Å². The number of amides is 2. The third kappa shape index (κ3) is 3.79. The van der Waals surface area contributed by atoms with Crippen LogP contribution in [0.1, 0.15) is 28.5 Å². The molecule has 33 heavy (non-hydrogen) atoms. The quantitative estimate of drug-likeness (QED) is 0.457. The van der Waals surface area contributed by atoms with Crippen LogP contribution in [0.15, 0.2) is 84.9 Å². The summed E-state index contributed by atoms with van der Waals surface area (Å²) in [6.45, 7) is 2.82. The van der Waals surface area contributed by atoms with E-state index in [0.29, 0.717) is 23.8 Å². The highest BCUT2D eigenvalue weighted by atomic mass is 35.5. The Morgan fingerprint density at radius 2 is 1.70 bits per heavy atom. The van der Waals surface area contributed by atoms with E-state index in [9.17, 15) is 9.59 Å². The van der Waals surface area contributed by atoms with E-state index >= 15 is 0 Å². The second kappa shape index (κ2) is 8.41. The zero-order valence-corrected chi connectivity index (χ0v) is 19.0. The Morgan fingerprint density at radius 3 is 2.48 bits per heavy atom. The lowest BCUT2D eigenvalue weighted by molar-refractivity contribution is -0.133. The van der Waals surface area contributed by atoms with Crippen LogP contribution in [0, 0.1) is 0 Å². The van der Waals surface area contributed by atoms with Crippen LogP contribution in [-0.4, -0.2) is 26.8 Å². The number of hydrogen-bond donors (Lipinski definition) is 1. The molecule has 0 spiro atoms. The molecular formula is C27H24ClN3O2. The summed E-state index contributed by atoms with van der Waals surface area (Å²) in [5.74, 6) is -0.384. The molecule has 3 aromatic carbocycles. The van der Waals surface area contributed by atoms with Crippen LogP contribution >= 0.6 is 11.6 Å². The van der Waals surface area contributed by atoms with Gasteiger partial charge < -0.3 is 14.8 Å². The van der Waals surface area contributed by atoms with Crippen molar-refractivity contribution in [1.82, 2.24) is 14.8 Å². The Hall–Kier alpha value is -3.57. The molecule has 2 amide bonds. The van der Waals surface area contributed by atoms with Crippen molar-refractivity contribution in [2.75, 3.05) is 0 Å². The molecule has 0 saturated carbocycles. The van der Waals surface area contributed by atoms with Crippen LogP contribution in [-0.2, 0) is 24.4 Å². The highest BCUT2D eigenvalue weighted by Crippen LogP contribution is 2.34. The zero-order chi connectivity index (χ0) is 23.0. The van der Waals surface area contributed by atoms with Crippen molar-refractivity contribution in [1.29, 1.82) is 0 Å². The molecule has 2 heterocycles. The van der Waals surface area contributed by atoms with Crippen molar-refractivity contribution < 1.29 is 9.59 Å². The largest absolute Gasteiger partial charge is 0.350 e. The summed E-state index contributed by atoms with van der Waals surface area (Å²) in [6.07, 6.45) is 0. The monoisotopic (exact) mass is 457 g/mol. The number of carbonyl (C=O) groups excluding carboxylic acids is 2. The summed E-state index contributed by atoms with van der Waals surface area (Å²) in [6, 6.07) is 27.0. The SMILES string of the molecule is C[C@]1(C(=O)NCc2ccccc2)Cn2c(cc3ccccc32)C(=O)N1Cc1ccccc1Cl. The summed E-state index contributed by atoms with van der Waals surface area (Å²) < 4.78 is 1.96. The van der Waals surface area contributed by atoms with Crippen LogP contribution in [0.3, 0.4) is 0 Å². The second-order valence-electron chi connectivity index (χ2n) is 8.60. The fraction of sp³-hybridized carbons (Fsp3) is 0.185. The minimum atomic E-state index is -1.10. The van der Waals surface area contributed by atoms with Crippen molar-refractivity contribution in [3.05, 3.63) is 107 Å². The first kappa shape index (κ1) is 21.3. The molecule has 0 saturated heterocycles. The molecular weight excluding hydrogens is 434 g/mol. The maximum Gasteiger partial charge on any atom is 0.271 e. The maximum absolute atomic E-state index is 13.8. The summed E-state index contributed by atoms with van der Waals surface area (Å²) in [7, 11) is 0. The summed E-state index contributed by atoms with van der Waals surface area (Å²) in [5.41, 5.74) is 2.23. The fourth-order valence-electron chi connectivity index (χ4n) is 4.52. The van der Waals surface area contributed by atoms with Crippen LogP contribution in [0.25, 0.3) is 10.9 Å². The average molecular weight is 458 g/mol. The molecule has 1 atom stereocenters. The van der Waals surface area contributed by atoms with Gasteiger partial charge in [0.15, 0.2) is 0 Å². The van der Waals surface area contributed by atoms with Crippen molar-refractivity contribution >= 4 is 34.3 Å². The van der Waals surface area contributed by atoms with Crippen LogP contribution < -0.4 is 5.32 Å². The van der Waals surface area contributed by atoms with E-state index in [1.165, 1.54) is 0 Å². The third-order valence-electron chi connectivity index (χ3n) is 6.41. The number of aromatic nitrogens is 1. The Bertz CT molecular complexity index is 1350. The number of nitrogens with one attached hydrogen (secondary N) is 1. The van der Waals surface area contributed by atoms with Gasteiger partial charge in [-0.3, -0.25) is 9.59 Å². The molecule has 0 bridgehead atoms. The summed E-state index contributed by atoms with van der Waals surface area (Å²) in [4.78, 5) is 29.1. The van der Waals surface area contributed by atoms with Gasteiger partial charge in [0.05, 0.1) is 6.54 Å². The molecule has 0 unspecified atom stereocenters. The molecule has 1 aliphatic heterocycles. The van der Waals surface area contributed by atoms with Crippen LogP contribution in [0.4, 0.5) is 0 Å². The van der Waals surface area contributed by atoms with E-state index in [4.69, 9.17) is 11.6 Å². The molecule has 1 N–H and O–H groups in total. The smallest absolute Gasteiger partial charge is 0.271 e. The van der Waals surface area contributed by atoms with Gasteiger partial charge >= 0.3 is 0 Å². The van der Waals surface area contributed by atoms with Crippen LogP contribution in [0.2, 0.25) is 5.02 Å². The average Bonchev–Trinajstić information content (AvgIpc) is 3.20.